The predicted molar refractivity (Wildman–Crippen MR) is 105 cm³/mol. The number of carbonyl (C=O) groups is 2. The molecule has 2 aliphatic heterocycles. The van der Waals surface area contributed by atoms with Gasteiger partial charge in [0.1, 0.15) is 0 Å². The first-order chi connectivity index (χ1) is 12.3. The maximum Gasteiger partial charge on any atom is 0.236 e. The van der Waals surface area contributed by atoms with Crippen molar-refractivity contribution in [3.63, 3.8) is 0 Å². The van der Waals surface area contributed by atoms with Crippen molar-refractivity contribution in [2.45, 2.75) is 46.1 Å². The molecule has 2 aliphatic rings. The van der Waals surface area contributed by atoms with E-state index in [-0.39, 0.29) is 5.91 Å². The standard InChI is InChI=1S/C20H38N4O2/c1-16(2)12-19(25)23-8-6-18(7-9-23)14-24-11-10-22(13-17(24)3)15-20(26)21(4)5/h16-18H,6-15H2,1-5H3/t17-/m0/s1. The minimum Gasteiger partial charge on any atom is -0.348 e. The van der Waals surface area contributed by atoms with Crippen molar-refractivity contribution in [1.29, 1.82) is 0 Å². The Kier molecular flexibility index (Phi) is 7.89. The van der Waals surface area contributed by atoms with Crippen LogP contribution in [0.3, 0.4) is 0 Å². The third-order valence-electron chi connectivity index (χ3n) is 5.75. The van der Waals surface area contributed by atoms with Gasteiger partial charge in [0.2, 0.25) is 11.8 Å². The highest BCUT2D eigenvalue weighted by Crippen LogP contribution is 2.22. The van der Waals surface area contributed by atoms with Gasteiger partial charge in [0.05, 0.1) is 6.54 Å². The van der Waals surface area contributed by atoms with Crippen LogP contribution in [0.1, 0.15) is 40.0 Å². The number of likely N-dealkylation sites (tertiary alicyclic amines) is 1. The van der Waals surface area contributed by atoms with Crippen LogP contribution in [-0.4, -0.2) is 97.4 Å². The Morgan fingerprint density at radius 1 is 1.08 bits per heavy atom. The summed E-state index contributed by atoms with van der Waals surface area (Å²) in [5.74, 6) is 1.64. The Bertz CT molecular complexity index is 472. The summed E-state index contributed by atoms with van der Waals surface area (Å²) in [7, 11) is 3.64. The molecule has 0 saturated carbocycles. The van der Waals surface area contributed by atoms with Crippen molar-refractivity contribution < 1.29 is 9.59 Å². The molecule has 2 fully saturated rings. The molecular formula is C20H38N4O2. The molecule has 2 amide bonds. The van der Waals surface area contributed by atoms with Crippen LogP contribution in [0.25, 0.3) is 0 Å². The minimum absolute atomic E-state index is 0.184. The number of nitrogens with zero attached hydrogens (tertiary/aromatic N) is 4. The van der Waals surface area contributed by atoms with Gasteiger partial charge in [-0.3, -0.25) is 19.4 Å². The minimum atomic E-state index is 0.184. The largest absolute Gasteiger partial charge is 0.348 e. The molecule has 26 heavy (non-hydrogen) atoms. The van der Waals surface area contributed by atoms with Gasteiger partial charge in [0.15, 0.2) is 0 Å². The molecule has 0 aromatic carbocycles. The third-order valence-corrected chi connectivity index (χ3v) is 5.75. The van der Waals surface area contributed by atoms with E-state index in [1.165, 1.54) is 0 Å². The molecule has 0 aliphatic carbocycles. The van der Waals surface area contributed by atoms with Gasteiger partial charge in [-0.2, -0.15) is 0 Å². The Labute approximate surface area is 159 Å². The van der Waals surface area contributed by atoms with E-state index < -0.39 is 0 Å². The van der Waals surface area contributed by atoms with Crippen LogP contribution in [0.15, 0.2) is 0 Å². The SMILES string of the molecule is CC(C)CC(=O)N1CCC(CN2CCN(CC(=O)N(C)C)C[C@@H]2C)CC1. The Balaban J connectivity index is 1.72. The number of piperazine rings is 1. The zero-order chi connectivity index (χ0) is 19.3. The predicted octanol–water partition coefficient (Wildman–Crippen LogP) is 1.37. The van der Waals surface area contributed by atoms with Crippen molar-refractivity contribution >= 4 is 11.8 Å². The van der Waals surface area contributed by atoms with Crippen molar-refractivity contribution in [3.05, 3.63) is 0 Å². The second kappa shape index (κ2) is 9.70. The van der Waals surface area contributed by atoms with Crippen LogP contribution in [0.5, 0.6) is 0 Å². The number of hydrogen-bond donors (Lipinski definition) is 0. The Morgan fingerprint density at radius 3 is 2.27 bits per heavy atom. The Morgan fingerprint density at radius 2 is 1.73 bits per heavy atom. The lowest BCUT2D eigenvalue weighted by Crippen LogP contribution is -2.55. The summed E-state index contributed by atoms with van der Waals surface area (Å²) in [6.07, 6.45) is 2.92. The number of piperidine rings is 1. The average molecular weight is 367 g/mol. The van der Waals surface area contributed by atoms with Gasteiger partial charge >= 0.3 is 0 Å². The van der Waals surface area contributed by atoms with Gasteiger partial charge in [-0.15, -0.1) is 0 Å². The van der Waals surface area contributed by atoms with Gasteiger partial charge in [-0.1, -0.05) is 13.8 Å². The molecule has 2 heterocycles. The molecule has 150 valence electrons. The van der Waals surface area contributed by atoms with E-state index in [9.17, 15) is 9.59 Å². The Hall–Kier alpha value is -1.14. The number of hydrogen-bond acceptors (Lipinski definition) is 4. The summed E-state index contributed by atoms with van der Waals surface area (Å²) in [4.78, 5) is 32.7. The second-order valence-corrected chi connectivity index (χ2v) is 8.79. The first-order valence-electron chi connectivity index (χ1n) is 10.2. The van der Waals surface area contributed by atoms with E-state index in [2.05, 4.69) is 35.5 Å². The highest BCUT2D eigenvalue weighted by molar-refractivity contribution is 5.77. The molecule has 0 unspecified atom stereocenters. The lowest BCUT2D eigenvalue weighted by molar-refractivity contribution is -0.134. The van der Waals surface area contributed by atoms with Crippen molar-refractivity contribution in [2.75, 3.05) is 59.9 Å². The van der Waals surface area contributed by atoms with Gasteiger partial charge in [-0.25, -0.2) is 0 Å². The quantitative estimate of drug-likeness (QED) is 0.712. The monoisotopic (exact) mass is 366 g/mol. The van der Waals surface area contributed by atoms with E-state index in [1.54, 1.807) is 4.90 Å². The van der Waals surface area contributed by atoms with E-state index >= 15 is 0 Å². The molecular weight excluding hydrogens is 328 g/mol. The van der Waals surface area contributed by atoms with E-state index in [1.807, 2.05) is 14.1 Å². The maximum absolute atomic E-state index is 12.2. The van der Waals surface area contributed by atoms with Crippen LogP contribution < -0.4 is 0 Å². The topological polar surface area (TPSA) is 47.1 Å². The van der Waals surface area contributed by atoms with Crippen molar-refractivity contribution in [3.8, 4) is 0 Å². The molecule has 0 N–H and O–H groups in total. The lowest BCUT2D eigenvalue weighted by atomic mass is 9.94. The molecule has 2 saturated heterocycles. The van der Waals surface area contributed by atoms with Gasteiger partial charge in [-0.05, 0) is 31.6 Å². The maximum atomic E-state index is 12.2. The van der Waals surface area contributed by atoms with Gasteiger partial charge in [0.25, 0.3) is 0 Å². The van der Waals surface area contributed by atoms with Crippen molar-refractivity contribution in [1.82, 2.24) is 19.6 Å². The van der Waals surface area contributed by atoms with Gasteiger partial charge < -0.3 is 9.80 Å². The molecule has 6 heteroatoms. The number of likely N-dealkylation sites (N-methyl/N-ethyl adjacent to an activating group) is 1. The smallest absolute Gasteiger partial charge is 0.236 e. The average Bonchev–Trinajstić information content (AvgIpc) is 2.57. The summed E-state index contributed by atoms with van der Waals surface area (Å²) < 4.78 is 0. The molecule has 1 atom stereocenters. The first-order valence-corrected chi connectivity index (χ1v) is 10.2. The summed E-state index contributed by atoms with van der Waals surface area (Å²) in [5, 5.41) is 0. The van der Waals surface area contributed by atoms with Crippen LogP contribution in [0.2, 0.25) is 0 Å². The molecule has 0 bridgehead atoms. The summed E-state index contributed by atoms with van der Waals surface area (Å²) in [5.41, 5.74) is 0. The normalized spacial score (nSPS) is 23.5. The lowest BCUT2D eigenvalue weighted by Gasteiger charge is -2.42. The molecule has 0 spiro atoms. The van der Waals surface area contributed by atoms with E-state index in [4.69, 9.17) is 0 Å². The summed E-state index contributed by atoms with van der Waals surface area (Å²) in [6, 6.07) is 0.485. The van der Waals surface area contributed by atoms with E-state index in [0.29, 0.717) is 36.8 Å². The summed E-state index contributed by atoms with van der Waals surface area (Å²) in [6.45, 7) is 13.0. The fourth-order valence-electron chi connectivity index (χ4n) is 3.99. The molecule has 0 aromatic rings. The van der Waals surface area contributed by atoms with E-state index in [0.717, 1.165) is 52.1 Å². The number of rotatable bonds is 6. The summed E-state index contributed by atoms with van der Waals surface area (Å²) >= 11 is 0. The highest BCUT2D eigenvalue weighted by atomic mass is 16.2. The zero-order valence-electron chi connectivity index (χ0n) is 17.4. The van der Waals surface area contributed by atoms with Crippen LogP contribution in [0.4, 0.5) is 0 Å². The van der Waals surface area contributed by atoms with Crippen LogP contribution in [-0.2, 0) is 9.59 Å². The van der Waals surface area contributed by atoms with Crippen molar-refractivity contribution in [2.24, 2.45) is 11.8 Å². The zero-order valence-corrected chi connectivity index (χ0v) is 17.4. The first kappa shape index (κ1) is 21.2. The third kappa shape index (κ3) is 6.23. The molecule has 0 aromatic heterocycles. The van der Waals surface area contributed by atoms with Gasteiger partial charge in [0, 0.05) is 65.8 Å². The number of carbonyl (C=O) groups excluding carboxylic acids is 2. The fraction of sp³-hybridized carbons (Fsp3) is 0.900. The highest BCUT2D eigenvalue weighted by Gasteiger charge is 2.29. The second-order valence-electron chi connectivity index (χ2n) is 8.79. The van der Waals surface area contributed by atoms with Crippen LogP contribution >= 0.6 is 0 Å². The molecule has 2 rings (SSSR count). The molecule has 6 nitrogen and oxygen atoms in total. The molecule has 0 radical (unpaired) electrons. The fourth-order valence-corrected chi connectivity index (χ4v) is 3.99. The van der Waals surface area contributed by atoms with Crippen LogP contribution in [0, 0.1) is 11.8 Å². The number of amides is 2.